The first-order valence-corrected chi connectivity index (χ1v) is 16.4. The van der Waals surface area contributed by atoms with E-state index in [0.717, 1.165) is 36.2 Å². The molecule has 1 aliphatic heterocycles. The van der Waals surface area contributed by atoms with Crippen LogP contribution < -0.4 is 0 Å². The summed E-state index contributed by atoms with van der Waals surface area (Å²) in [5.74, 6) is -0.765. The summed E-state index contributed by atoms with van der Waals surface area (Å²) >= 11 is 0.563. The molecule has 3 saturated carbocycles. The van der Waals surface area contributed by atoms with E-state index in [-0.39, 0.29) is 29.0 Å². The van der Waals surface area contributed by atoms with Crippen LogP contribution in [0.4, 0.5) is 8.78 Å². The summed E-state index contributed by atoms with van der Waals surface area (Å²) in [6.07, 6.45) is 7.59. The molecule has 1 saturated heterocycles. The average Bonchev–Trinajstić information content (AvgIpc) is 3.71. The number of nitrogens with zero attached hydrogens (tertiary/aromatic N) is 2. The number of carbonyl (C=O) groups is 2. The Bertz CT molecular complexity index is 1470. The minimum absolute atomic E-state index is 0.0315. The zero-order valence-electron chi connectivity index (χ0n) is 24.6. The summed E-state index contributed by atoms with van der Waals surface area (Å²) in [5.41, 5.74) is 1.49. The molecule has 0 amide bonds. The van der Waals surface area contributed by atoms with E-state index >= 15 is 0 Å². The van der Waals surface area contributed by atoms with Crippen LogP contribution in [-0.4, -0.2) is 56.4 Å². The van der Waals surface area contributed by atoms with Crippen LogP contribution in [0.1, 0.15) is 70.1 Å². The monoisotopic (exact) mass is 612 g/mol. The second-order valence-electron chi connectivity index (χ2n) is 13.6. The summed E-state index contributed by atoms with van der Waals surface area (Å²) in [6, 6.07) is 5.41. The molecular weight excluding hydrogens is 574 g/mol. The summed E-state index contributed by atoms with van der Waals surface area (Å²) in [5, 5.41) is 16.2. The fourth-order valence-corrected chi connectivity index (χ4v) is 10.4. The maximum Gasteiger partial charge on any atom is 0.336 e. The SMILES string of the molecule is CC12Cc3cnn(-c4ccc(F)cc4)c3C=C1CCC1[C@@H]2[C@@H](O)CC2(C)[C@H]1CC[C@]2(OC(=O)C1CCCO1)C(=O)SCF. The third kappa shape index (κ3) is 4.30. The van der Waals surface area contributed by atoms with Crippen molar-refractivity contribution in [3.05, 3.63) is 53.1 Å². The summed E-state index contributed by atoms with van der Waals surface area (Å²) in [7, 11) is 0. The van der Waals surface area contributed by atoms with Gasteiger partial charge in [-0.1, -0.05) is 19.4 Å². The smallest absolute Gasteiger partial charge is 0.336 e. The Morgan fingerprint density at radius 1 is 1.21 bits per heavy atom. The van der Waals surface area contributed by atoms with Gasteiger partial charge in [-0.05, 0) is 122 Å². The highest BCUT2D eigenvalue weighted by molar-refractivity contribution is 8.13. The molecule has 4 fully saturated rings. The molecular formula is C33H38F2N2O5S. The summed E-state index contributed by atoms with van der Waals surface area (Å²) in [6.45, 7) is 4.69. The third-order valence-electron chi connectivity index (χ3n) is 11.6. The van der Waals surface area contributed by atoms with E-state index in [1.807, 2.05) is 17.8 Å². The zero-order valence-corrected chi connectivity index (χ0v) is 25.4. The second kappa shape index (κ2) is 10.5. The number of rotatable bonds is 5. The van der Waals surface area contributed by atoms with E-state index < -0.39 is 40.3 Å². The van der Waals surface area contributed by atoms with Crippen LogP contribution in [0.25, 0.3) is 11.8 Å². The molecule has 1 aromatic carbocycles. The number of aliphatic hydroxyl groups excluding tert-OH is 1. The molecule has 1 N–H and O–H groups in total. The van der Waals surface area contributed by atoms with Gasteiger partial charge in [0.1, 0.15) is 11.8 Å². The van der Waals surface area contributed by atoms with Crippen molar-refractivity contribution in [2.75, 3.05) is 12.6 Å². The van der Waals surface area contributed by atoms with Gasteiger partial charge in [0.2, 0.25) is 5.12 Å². The van der Waals surface area contributed by atoms with Crippen LogP contribution >= 0.6 is 11.8 Å². The van der Waals surface area contributed by atoms with Gasteiger partial charge in [0.15, 0.2) is 11.7 Å². The van der Waals surface area contributed by atoms with Gasteiger partial charge in [-0.3, -0.25) is 4.79 Å². The van der Waals surface area contributed by atoms with Gasteiger partial charge in [0.25, 0.3) is 0 Å². The first kappa shape index (κ1) is 29.2. The van der Waals surface area contributed by atoms with Crippen LogP contribution in [0.2, 0.25) is 0 Å². The van der Waals surface area contributed by atoms with Crippen molar-refractivity contribution in [2.24, 2.45) is 28.6 Å². The molecule has 5 aliphatic rings. The van der Waals surface area contributed by atoms with Crippen molar-refractivity contribution >= 4 is 28.9 Å². The molecule has 1 aromatic heterocycles. The molecule has 7 nitrogen and oxygen atoms in total. The number of alkyl halides is 1. The van der Waals surface area contributed by atoms with Gasteiger partial charge in [0.05, 0.1) is 23.7 Å². The number of carbonyl (C=O) groups excluding carboxylic acids is 2. The van der Waals surface area contributed by atoms with Gasteiger partial charge in [-0.15, -0.1) is 0 Å². The first-order chi connectivity index (χ1) is 20.6. The maximum atomic E-state index is 13.7. The lowest BCUT2D eigenvalue weighted by atomic mass is 9.45. The minimum atomic E-state index is -1.50. The quantitative estimate of drug-likeness (QED) is 0.426. The average molecular weight is 613 g/mol. The number of benzene rings is 1. The molecule has 0 spiro atoms. The normalized spacial score (nSPS) is 38.0. The number of fused-ring (bicyclic) bond motifs is 6. The molecule has 2 aromatic rings. The zero-order chi connectivity index (χ0) is 30.1. The highest BCUT2D eigenvalue weighted by atomic mass is 32.2. The van der Waals surface area contributed by atoms with Crippen molar-refractivity contribution in [3.63, 3.8) is 0 Å². The Balaban J connectivity index is 1.22. The molecule has 43 heavy (non-hydrogen) atoms. The third-order valence-corrected chi connectivity index (χ3v) is 12.3. The number of allylic oxidation sites excluding steroid dienone is 1. The molecule has 8 atom stereocenters. The molecule has 0 bridgehead atoms. The second-order valence-corrected chi connectivity index (χ2v) is 14.4. The Morgan fingerprint density at radius 2 is 2.00 bits per heavy atom. The van der Waals surface area contributed by atoms with Crippen molar-refractivity contribution < 1.29 is 33.0 Å². The van der Waals surface area contributed by atoms with E-state index in [2.05, 4.69) is 18.1 Å². The van der Waals surface area contributed by atoms with Gasteiger partial charge in [-0.25, -0.2) is 18.3 Å². The lowest BCUT2D eigenvalue weighted by Crippen LogP contribution is -2.63. The van der Waals surface area contributed by atoms with Crippen LogP contribution in [0.3, 0.4) is 0 Å². The number of aromatic nitrogens is 2. The molecule has 10 heteroatoms. The number of hydrogen-bond donors (Lipinski definition) is 1. The lowest BCUT2D eigenvalue weighted by molar-refractivity contribution is -0.202. The van der Waals surface area contributed by atoms with Crippen LogP contribution in [-0.2, 0) is 25.5 Å². The molecule has 2 heterocycles. The number of ether oxygens (including phenoxy) is 2. The van der Waals surface area contributed by atoms with Crippen molar-refractivity contribution in [1.82, 2.24) is 9.78 Å². The predicted octanol–water partition coefficient (Wildman–Crippen LogP) is 5.81. The van der Waals surface area contributed by atoms with Crippen molar-refractivity contribution in [1.29, 1.82) is 0 Å². The Labute approximate surface area is 254 Å². The van der Waals surface area contributed by atoms with E-state index in [1.54, 1.807) is 12.1 Å². The van der Waals surface area contributed by atoms with Crippen LogP contribution in [0.15, 0.2) is 36.0 Å². The van der Waals surface area contributed by atoms with E-state index in [1.165, 1.54) is 17.7 Å². The van der Waals surface area contributed by atoms with Gasteiger partial charge < -0.3 is 14.6 Å². The van der Waals surface area contributed by atoms with E-state index in [9.17, 15) is 23.5 Å². The number of halogens is 2. The number of thioether (sulfide) groups is 1. The summed E-state index contributed by atoms with van der Waals surface area (Å²) in [4.78, 5) is 27.0. The molecule has 4 aliphatic carbocycles. The molecule has 4 unspecified atom stereocenters. The van der Waals surface area contributed by atoms with Crippen molar-refractivity contribution in [2.45, 2.75) is 83.0 Å². The van der Waals surface area contributed by atoms with Gasteiger partial charge >= 0.3 is 5.97 Å². The standard InChI is InChI=1S/C33H38F2N2O5S/c1-31-15-19-17-36-37(22-8-6-21(35)7-9-22)25(19)14-20(31)5-10-23-24-11-12-33(30(40)43-18-34,32(24,2)16-26(38)28(23)31)42-29(39)27-4-3-13-41-27/h6-9,14,17,23-24,26-28,38H,3-5,10-13,15-16,18H2,1-2H3/t23?,24-,26-,27?,28+,31?,32?,33-/m0/s1. The number of hydrogen-bond acceptors (Lipinski definition) is 7. The first-order valence-electron chi connectivity index (χ1n) is 15.4. The van der Waals surface area contributed by atoms with Crippen molar-refractivity contribution in [3.8, 4) is 5.69 Å². The lowest BCUT2D eigenvalue weighted by Gasteiger charge is -2.60. The molecule has 0 radical (unpaired) electrons. The topological polar surface area (TPSA) is 90.7 Å². The highest BCUT2D eigenvalue weighted by Crippen LogP contribution is 2.69. The number of esters is 1. The highest BCUT2D eigenvalue weighted by Gasteiger charge is 2.71. The Kier molecular flexibility index (Phi) is 7.13. The molecule has 7 rings (SSSR count). The Hall–Kier alpha value is -2.56. The predicted molar refractivity (Wildman–Crippen MR) is 157 cm³/mol. The maximum absolute atomic E-state index is 13.7. The summed E-state index contributed by atoms with van der Waals surface area (Å²) < 4.78 is 40.8. The van der Waals surface area contributed by atoms with Crippen LogP contribution in [0.5, 0.6) is 0 Å². The van der Waals surface area contributed by atoms with E-state index in [0.29, 0.717) is 50.5 Å². The number of aliphatic hydroxyl groups is 1. The van der Waals surface area contributed by atoms with Gasteiger partial charge in [0, 0.05) is 12.0 Å². The minimum Gasteiger partial charge on any atom is -0.448 e. The van der Waals surface area contributed by atoms with Gasteiger partial charge in [-0.2, -0.15) is 5.10 Å². The van der Waals surface area contributed by atoms with E-state index in [4.69, 9.17) is 9.47 Å². The Morgan fingerprint density at radius 3 is 2.72 bits per heavy atom. The largest absolute Gasteiger partial charge is 0.448 e. The van der Waals surface area contributed by atoms with Crippen LogP contribution in [0, 0.1) is 34.4 Å². The molecule has 230 valence electrons. The fraction of sp³-hybridized carbons (Fsp3) is 0.606. The fourth-order valence-electron chi connectivity index (χ4n) is 9.67.